The predicted molar refractivity (Wildman–Crippen MR) is 79.0 cm³/mol. The van der Waals surface area contributed by atoms with Crippen LogP contribution in [0.2, 0.25) is 0 Å². The quantitative estimate of drug-likeness (QED) is 0.847. The van der Waals surface area contributed by atoms with E-state index in [1.54, 1.807) is 4.68 Å². The molecule has 0 aliphatic carbocycles. The number of aryl methyl sites for hydroxylation is 1. The molecule has 0 bridgehead atoms. The number of carbonyl (C=O) groups is 1. The van der Waals surface area contributed by atoms with Gasteiger partial charge in [0.2, 0.25) is 0 Å². The van der Waals surface area contributed by atoms with Crippen molar-refractivity contribution in [1.82, 2.24) is 9.78 Å². The molecule has 6 heteroatoms. The highest BCUT2D eigenvalue weighted by Gasteiger charge is 2.12. The molecule has 1 N–H and O–H groups in total. The predicted octanol–water partition coefficient (Wildman–Crippen LogP) is 3.37. The molecule has 0 saturated carbocycles. The third-order valence-electron chi connectivity index (χ3n) is 2.51. The third-order valence-corrected chi connectivity index (χ3v) is 4.16. The number of hydrogen-bond donors (Lipinski definition) is 1. The first-order valence-corrected chi connectivity index (χ1v) is 7.58. The summed E-state index contributed by atoms with van der Waals surface area (Å²) in [5, 5.41) is 14.1. The Morgan fingerprint density at radius 3 is 2.84 bits per heavy atom. The van der Waals surface area contributed by atoms with Crippen molar-refractivity contribution in [1.29, 1.82) is 0 Å². The minimum absolute atomic E-state index is 0.0271. The summed E-state index contributed by atoms with van der Waals surface area (Å²) < 4.78 is 2.72. The highest BCUT2D eigenvalue weighted by Crippen LogP contribution is 2.27. The number of benzene rings is 1. The molecule has 0 aliphatic heterocycles. The highest BCUT2D eigenvalue weighted by atomic mass is 79.9. The molecule has 2 aromatic rings. The second-order valence-corrected chi connectivity index (χ2v) is 5.72. The first kappa shape index (κ1) is 14.1. The minimum Gasteiger partial charge on any atom is -0.481 e. The SMILES string of the molecule is CCc1cc(SCC(=O)O)n(-c2ccccc2Br)n1. The highest BCUT2D eigenvalue weighted by molar-refractivity contribution is 9.10. The Balaban J connectivity index is 2.40. The van der Waals surface area contributed by atoms with E-state index in [2.05, 4.69) is 21.0 Å². The van der Waals surface area contributed by atoms with Gasteiger partial charge < -0.3 is 5.11 Å². The molecular weight excluding hydrogens is 328 g/mol. The Labute approximate surface area is 124 Å². The number of carboxylic acids is 1. The van der Waals surface area contributed by atoms with Crippen LogP contribution in [0.5, 0.6) is 0 Å². The van der Waals surface area contributed by atoms with Gasteiger partial charge in [-0.1, -0.05) is 30.8 Å². The first-order chi connectivity index (χ1) is 9.11. The van der Waals surface area contributed by atoms with Crippen LogP contribution in [0.3, 0.4) is 0 Å². The number of aromatic nitrogens is 2. The smallest absolute Gasteiger partial charge is 0.313 e. The van der Waals surface area contributed by atoms with Crippen molar-refractivity contribution in [2.24, 2.45) is 0 Å². The van der Waals surface area contributed by atoms with Crippen molar-refractivity contribution >= 4 is 33.7 Å². The Hall–Kier alpha value is -1.27. The summed E-state index contributed by atoms with van der Waals surface area (Å²) in [6.07, 6.45) is 0.818. The zero-order valence-corrected chi connectivity index (χ0v) is 12.7. The van der Waals surface area contributed by atoms with Gasteiger partial charge in [-0.2, -0.15) is 5.10 Å². The third kappa shape index (κ3) is 3.39. The standard InChI is InChI=1S/C13H13BrN2O2S/c1-2-9-7-12(19-8-13(17)18)16(15-9)11-6-4-3-5-10(11)14/h3-7H,2,8H2,1H3,(H,17,18). The van der Waals surface area contributed by atoms with E-state index in [0.717, 1.165) is 27.3 Å². The van der Waals surface area contributed by atoms with Crippen molar-refractivity contribution in [2.75, 3.05) is 5.75 Å². The van der Waals surface area contributed by atoms with E-state index >= 15 is 0 Å². The fourth-order valence-electron chi connectivity index (χ4n) is 1.62. The molecule has 1 aromatic carbocycles. The lowest BCUT2D eigenvalue weighted by atomic mass is 10.3. The van der Waals surface area contributed by atoms with Gasteiger partial charge in [-0.3, -0.25) is 4.79 Å². The number of carboxylic acid groups (broad SMARTS) is 1. The van der Waals surface area contributed by atoms with Gasteiger partial charge in [0.15, 0.2) is 0 Å². The first-order valence-electron chi connectivity index (χ1n) is 5.80. The van der Waals surface area contributed by atoms with Gasteiger partial charge in [-0.25, -0.2) is 4.68 Å². The number of nitrogens with zero attached hydrogens (tertiary/aromatic N) is 2. The number of hydrogen-bond acceptors (Lipinski definition) is 3. The molecule has 1 aromatic heterocycles. The summed E-state index contributed by atoms with van der Waals surface area (Å²) in [4.78, 5) is 10.7. The largest absolute Gasteiger partial charge is 0.481 e. The summed E-state index contributed by atoms with van der Waals surface area (Å²) in [5.41, 5.74) is 1.86. The minimum atomic E-state index is -0.831. The van der Waals surface area contributed by atoms with Crippen molar-refractivity contribution in [3.63, 3.8) is 0 Å². The Kier molecular flexibility index (Phi) is 4.66. The summed E-state index contributed by atoms with van der Waals surface area (Å²) in [6.45, 7) is 2.03. The lowest BCUT2D eigenvalue weighted by molar-refractivity contribution is -0.133. The molecule has 0 amide bonds. The average molecular weight is 341 g/mol. The maximum atomic E-state index is 10.7. The topological polar surface area (TPSA) is 55.1 Å². The Morgan fingerprint density at radius 2 is 2.21 bits per heavy atom. The Bertz CT molecular complexity index is 598. The van der Waals surface area contributed by atoms with E-state index in [9.17, 15) is 4.79 Å². The van der Waals surface area contributed by atoms with Crippen LogP contribution in [0, 0.1) is 0 Å². The molecule has 4 nitrogen and oxygen atoms in total. The van der Waals surface area contributed by atoms with Gasteiger partial charge in [-0.05, 0) is 40.5 Å². The van der Waals surface area contributed by atoms with Crippen LogP contribution in [-0.2, 0) is 11.2 Å². The molecule has 0 unspecified atom stereocenters. The molecule has 0 aliphatic rings. The maximum absolute atomic E-state index is 10.7. The molecule has 100 valence electrons. The van der Waals surface area contributed by atoms with E-state index in [1.807, 2.05) is 37.3 Å². The van der Waals surface area contributed by atoms with Crippen LogP contribution < -0.4 is 0 Å². The van der Waals surface area contributed by atoms with Gasteiger partial charge in [0, 0.05) is 4.47 Å². The van der Waals surface area contributed by atoms with Crippen LogP contribution in [0.15, 0.2) is 39.8 Å². The number of aliphatic carboxylic acids is 1. The second kappa shape index (κ2) is 6.25. The lowest BCUT2D eigenvalue weighted by Crippen LogP contribution is -2.03. The average Bonchev–Trinajstić information content (AvgIpc) is 2.80. The normalized spacial score (nSPS) is 10.6. The monoisotopic (exact) mass is 340 g/mol. The summed E-state index contributed by atoms with van der Waals surface area (Å²) >= 11 is 4.77. The van der Waals surface area contributed by atoms with Gasteiger partial charge in [-0.15, -0.1) is 0 Å². The van der Waals surface area contributed by atoms with Crippen LogP contribution >= 0.6 is 27.7 Å². The summed E-state index contributed by atoms with van der Waals surface area (Å²) in [5.74, 6) is -0.804. The van der Waals surface area contributed by atoms with E-state index in [1.165, 1.54) is 11.8 Å². The molecular formula is C13H13BrN2O2S. The van der Waals surface area contributed by atoms with Crippen molar-refractivity contribution in [2.45, 2.75) is 18.4 Å². The van der Waals surface area contributed by atoms with E-state index in [0.29, 0.717) is 0 Å². The van der Waals surface area contributed by atoms with E-state index in [4.69, 9.17) is 5.11 Å². The number of thioether (sulfide) groups is 1. The van der Waals surface area contributed by atoms with Gasteiger partial charge >= 0.3 is 5.97 Å². The van der Waals surface area contributed by atoms with Crippen molar-refractivity contribution in [3.05, 3.63) is 40.5 Å². The molecule has 0 fully saturated rings. The van der Waals surface area contributed by atoms with Crippen molar-refractivity contribution < 1.29 is 9.90 Å². The zero-order chi connectivity index (χ0) is 13.8. The molecule has 19 heavy (non-hydrogen) atoms. The van der Waals surface area contributed by atoms with E-state index < -0.39 is 5.97 Å². The van der Waals surface area contributed by atoms with Crippen LogP contribution in [-0.4, -0.2) is 26.6 Å². The van der Waals surface area contributed by atoms with Crippen LogP contribution in [0.1, 0.15) is 12.6 Å². The molecule has 0 saturated heterocycles. The van der Waals surface area contributed by atoms with E-state index in [-0.39, 0.29) is 5.75 Å². The number of para-hydroxylation sites is 1. The molecule has 0 spiro atoms. The number of rotatable bonds is 5. The molecule has 0 atom stereocenters. The zero-order valence-electron chi connectivity index (χ0n) is 10.3. The van der Waals surface area contributed by atoms with Gasteiger partial charge in [0.1, 0.15) is 5.03 Å². The fourth-order valence-corrected chi connectivity index (χ4v) is 2.82. The van der Waals surface area contributed by atoms with Gasteiger partial charge in [0.25, 0.3) is 0 Å². The lowest BCUT2D eigenvalue weighted by Gasteiger charge is -2.07. The summed E-state index contributed by atoms with van der Waals surface area (Å²) in [7, 11) is 0. The summed E-state index contributed by atoms with van der Waals surface area (Å²) in [6, 6.07) is 9.68. The fraction of sp³-hybridized carbons (Fsp3) is 0.231. The molecule has 0 radical (unpaired) electrons. The maximum Gasteiger partial charge on any atom is 0.313 e. The number of halogens is 1. The van der Waals surface area contributed by atoms with Crippen LogP contribution in [0.25, 0.3) is 5.69 Å². The van der Waals surface area contributed by atoms with Crippen molar-refractivity contribution in [3.8, 4) is 5.69 Å². The molecule has 1 heterocycles. The molecule has 2 rings (SSSR count). The van der Waals surface area contributed by atoms with Crippen LogP contribution in [0.4, 0.5) is 0 Å². The van der Waals surface area contributed by atoms with Gasteiger partial charge in [0.05, 0.1) is 17.1 Å². The second-order valence-electron chi connectivity index (χ2n) is 3.87. The Morgan fingerprint density at radius 1 is 1.47 bits per heavy atom.